The van der Waals surface area contributed by atoms with Crippen molar-refractivity contribution in [2.75, 3.05) is 19.7 Å². The van der Waals surface area contributed by atoms with E-state index in [1.165, 1.54) is 12.1 Å². The Balaban J connectivity index is 1.65. The molecule has 1 aromatic rings. The van der Waals surface area contributed by atoms with E-state index in [0.717, 1.165) is 11.8 Å². The van der Waals surface area contributed by atoms with Gasteiger partial charge in [0, 0.05) is 31.5 Å². The van der Waals surface area contributed by atoms with Gasteiger partial charge in [-0.25, -0.2) is 0 Å². The van der Waals surface area contributed by atoms with Crippen molar-refractivity contribution >= 4 is 11.6 Å². The molecule has 5 nitrogen and oxygen atoms in total. The van der Waals surface area contributed by atoms with E-state index in [2.05, 4.69) is 5.16 Å². The first-order valence-corrected chi connectivity index (χ1v) is 9.92. The standard InChI is InChI=1S/C21H27F3N2O3/c1-14(2)17-11-18(29-25-17)19(28)26-9-7-20(13-27,8-10-26)12-15-5-3-4-6-16(15)21(22,23)24/h3-6,14,18,27H,7-13H2,1-2H3/t18-/m0/s1. The monoisotopic (exact) mass is 412 g/mol. The largest absolute Gasteiger partial charge is 0.416 e. The fourth-order valence-corrected chi connectivity index (χ4v) is 4.02. The molecule has 2 aliphatic heterocycles. The van der Waals surface area contributed by atoms with Crippen molar-refractivity contribution in [3.05, 3.63) is 35.4 Å². The van der Waals surface area contributed by atoms with Gasteiger partial charge in [-0.1, -0.05) is 37.2 Å². The molecule has 0 bridgehead atoms. The van der Waals surface area contributed by atoms with Gasteiger partial charge in [-0.05, 0) is 36.8 Å². The summed E-state index contributed by atoms with van der Waals surface area (Å²) in [6.45, 7) is 4.52. The number of halogens is 3. The molecule has 1 N–H and O–H groups in total. The number of amides is 1. The first-order valence-electron chi connectivity index (χ1n) is 9.92. The van der Waals surface area contributed by atoms with Gasteiger partial charge in [0.2, 0.25) is 6.10 Å². The lowest BCUT2D eigenvalue weighted by Crippen LogP contribution is -2.48. The number of likely N-dealkylation sites (tertiary alicyclic amines) is 1. The minimum atomic E-state index is -4.43. The maximum absolute atomic E-state index is 13.3. The third-order valence-corrected chi connectivity index (χ3v) is 5.99. The molecule has 0 saturated carbocycles. The molecule has 1 fully saturated rings. The van der Waals surface area contributed by atoms with Crippen LogP contribution < -0.4 is 0 Å². The summed E-state index contributed by atoms with van der Waals surface area (Å²) >= 11 is 0. The second-order valence-electron chi connectivity index (χ2n) is 8.35. The van der Waals surface area contributed by atoms with Gasteiger partial charge >= 0.3 is 6.18 Å². The normalized spacial score (nSPS) is 21.8. The van der Waals surface area contributed by atoms with Crippen LogP contribution in [0.1, 0.15) is 44.2 Å². The van der Waals surface area contributed by atoms with Crippen LogP contribution in [0.15, 0.2) is 29.4 Å². The Morgan fingerprint density at radius 1 is 1.31 bits per heavy atom. The Hall–Kier alpha value is -2.09. The molecule has 2 aliphatic rings. The van der Waals surface area contributed by atoms with Crippen molar-refractivity contribution < 1.29 is 27.9 Å². The Morgan fingerprint density at radius 2 is 1.97 bits per heavy atom. The van der Waals surface area contributed by atoms with Gasteiger partial charge in [0.05, 0.1) is 11.3 Å². The summed E-state index contributed by atoms with van der Waals surface area (Å²) in [7, 11) is 0. The highest BCUT2D eigenvalue weighted by molar-refractivity contribution is 5.93. The van der Waals surface area contributed by atoms with Gasteiger partial charge in [-0.3, -0.25) is 4.79 Å². The van der Waals surface area contributed by atoms with Crippen molar-refractivity contribution in [1.82, 2.24) is 4.90 Å². The number of rotatable bonds is 5. The van der Waals surface area contributed by atoms with Gasteiger partial charge in [0.15, 0.2) is 0 Å². The summed E-state index contributed by atoms with van der Waals surface area (Å²) in [6, 6.07) is 5.49. The van der Waals surface area contributed by atoms with E-state index in [-0.39, 0.29) is 30.4 Å². The first kappa shape index (κ1) is 21.6. The number of carbonyl (C=O) groups excluding carboxylic acids is 1. The van der Waals surface area contributed by atoms with Gasteiger partial charge in [0.25, 0.3) is 5.91 Å². The number of carbonyl (C=O) groups is 1. The fraction of sp³-hybridized carbons (Fsp3) is 0.619. The number of benzene rings is 1. The SMILES string of the molecule is CC(C)C1=NO[C@H](C(=O)N2CCC(CO)(Cc3ccccc3C(F)(F)F)CC2)C1. The van der Waals surface area contributed by atoms with E-state index in [1.54, 1.807) is 11.0 Å². The Kier molecular flexibility index (Phi) is 6.22. The number of hydrogen-bond donors (Lipinski definition) is 1. The maximum atomic E-state index is 13.3. The molecule has 3 rings (SSSR count). The third-order valence-electron chi connectivity index (χ3n) is 5.99. The predicted molar refractivity (Wildman–Crippen MR) is 102 cm³/mol. The minimum absolute atomic E-state index is 0.127. The number of piperidine rings is 1. The number of aliphatic hydroxyl groups excluding tert-OH is 1. The molecule has 1 saturated heterocycles. The Labute approximate surface area is 168 Å². The van der Waals surface area contributed by atoms with Crippen molar-refractivity contribution in [1.29, 1.82) is 0 Å². The minimum Gasteiger partial charge on any atom is -0.396 e. The van der Waals surface area contributed by atoms with Gasteiger partial charge in [0.1, 0.15) is 0 Å². The van der Waals surface area contributed by atoms with Crippen LogP contribution in [0.2, 0.25) is 0 Å². The fourth-order valence-electron chi connectivity index (χ4n) is 4.02. The van der Waals surface area contributed by atoms with Crippen molar-refractivity contribution in [3.63, 3.8) is 0 Å². The van der Waals surface area contributed by atoms with E-state index in [4.69, 9.17) is 4.84 Å². The zero-order valence-electron chi connectivity index (χ0n) is 16.7. The van der Waals surface area contributed by atoms with Crippen LogP contribution in [0.25, 0.3) is 0 Å². The number of alkyl halides is 3. The number of nitrogens with zero attached hydrogens (tertiary/aromatic N) is 2. The zero-order chi connectivity index (χ0) is 21.2. The van der Waals surface area contributed by atoms with E-state index < -0.39 is 23.3 Å². The van der Waals surface area contributed by atoms with E-state index in [9.17, 15) is 23.1 Å². The van der Waals surface area contributed by atoms with E-state index >= 15 is 0 Å². The molecule has 2 heterocycles. The molecule has 0 radical (unpaired) electrons. The van der Waals surface area contributed by atoms with E-state index in [0.29, 0.717) is 32.4 Å². The van der Waals surface area contributed by atoms with Crippen LogP contribution in [-0.2, 0) is 22.2 Å². The summed E-state index contributed by atoms with van der Waals surface area (Å²) in [5.74, 6) is 0.0662. The van der Waals surface area contributed by atoms with E-state index in [1.807, 2.05) is 13.8 Å². The molecule has 8 heteroatoms. The summed E-state index contributed by atoms with van der Waals surface area (Å²) in [4.78, 5) is 19.7. The van der Waals surface area contributed by atoms with Crippen molar-refractivity contribution in [2.24, 2.45) is 16.5 Å². The quantitative estimate of drug-likeness (QED) is 0.803. The van der Waals surface area contributed by atoms with Crippen LogP contribution in [0.3, 0.4) is 0 Å². The van der Waals surface area contributed by atoms with Crippen LogP contribution in [0.4, 0.5) is 13.2 Å². The summed E-state index contributed by atoms with van der Waals surface area (Å²) in [5, 5.41) is 14.0. The Bertz CT molecular complexity index is 769. The van der Waals surface area contributed by atoms with Crippen molar-refractivity contribution in [3.8, 4) is 0 Å². The third kappa shape index (κ3) is 4.74. The lowest BCUT2D eigenvalue weighted by Gasteiger charge is -2.41. The lowest BCUT2D eigenvalue weighted by atomic mass is 9.73. The molecule has 1 amide bonds. The maximum Gasteiger partial charge on any atom is 0.416 e. The molecule has 160 valence electrons. The molecule has 0 aliphatic carbocycles. The Morgan fingerprint density at radius 3 is 2.52 bits per heavy atom. The molecule has 0 spiro atoms. The summed E-state index contributed by atoms with van der Waals surface area (Å²) < 4.78 is 40.0. The second kappa shape index (κ2) is 8.34. The zero-order valence-corrected chi connectivity index (χ0v) is 16.7. The lowest BCUT2D eigenvalue weighted by molar-refractivity contribution is -0.145. The molecule has 1 aromatic carbocycles. The molecular formula is C21H27F3N2O3. The second-order valence-corrected chi connectivity index (χ2v) is 8.35. The van der Waals surface area contributed by atoms with Crippen LogP contribution in [0.5, 0.6) is 0 Å². The molecule has 0 unspecified atom stereocenters. The highest BCUT2D eigenvalue weighted by atomic mass is 19.4. The number of oxime groups is 1. The summed E-state index contributed by atoms with van der Waals surface area (Å²) in [6.07, 6.45) is -3.59. The summed E-state index contributed by atoms with van der Waals surface area (Å²) in [5.41, 5.74) is -0.297. The molecule has 1 atom stereocenters. The molecular weight excluding hydrogens is 385 g/mol. The van der Waals surface area contributed by atoms with Crippen LogP contribution in [0, 0.1) is 11.3 Å². The van der Waals surface area contributed by atoms with Crippen molar-refractivity contribution in [2.45, 2.75) is 51.8 Å². The van der Waals surface area contributed by atoms with Crippen LogP contribution in [-0.4, -0.2) is 47.4 Å². The average molecular weight is 412 g/mol. The van der Waals surface area contributed by atoms with Gasteiger partial charge in [-0.15, -0.1) is 0 Å². The van der Waals surface area contributed by atoms with Gasteiger partial charge < -0.3 is 14.8 Å². The molecule has 29 heavy (non-hydrogen) atoms. The predicted octanol–water partition coefficient (Wildman–Crippen LogP) is 3.65. The molecule has 0 aromatic heterocycles. The van der Waals surface area contributed by atoms with Gasteiger partial charge in [-0.2, -0.15) is 13.2 Å². The number of aliphatic hydroxyl groups is 1. The first-order chi connectivity index (χ1) is 13.6. The van der Waals surface area contributed by atoms with Crippen LogP contribution >= 0.6 is 0 Å². The smallest absolute Gasteiger partial charge is 0.396 e. The topological polar surface area (TPSA) is 62.1 Å². The average Bonchev–Trinajstić information content (AvgIpc) is 3.18. The number of hydrogen-bond acceptors (Lipinski definition) is 4. The highest BCUT2D eigenvalue weighted by Crippen LogP contribution is 2.39. The highest BCUT2D eigenvalue weighted by Gasteiger charge is 2.41.